The van der Waals surface area contributed by atoms with Crippen molar-refractivity contribution in [2.45, 2.75) is 19.4 Å². The van der Waals surface area contributed by atoms with Crippen molar-refractivity contribution in [3.05, 3.63) is 59.1 Å². The molecular weight excluding hydrogens is 258 g/mol. The minimum absolute atomic E-state index is 0.313. The van der Waals surface area contributed by atoms with Crippen molar-refractivity contribution in [2.75, 3.05) is 12.4 Å². The van der Waals surface area contributed by atoms with E-state index in [0.717, 1.165) is 22.9 Å². The molecule has 0 heterocycles. The van der Waals surface area contributed by atoms with E-state index in [2.05, 4.69) is 24.4 Å². The van der Waals surface area contributed by atoms with Gasteiger partial charge in [0.15, 0.2) is 0 Å². The van der Waals surface area contributed by atoms with Gasteiger partial charge in [-0.15, -0.1) is 0 Å². The summed E-state index contributed by atoms with van der Waals surface area (Å²) in [5.41, 5.74) is 2.25. The Morgan fingerprint density at radius 3 is 2.42 bits per heavy atom. The summed E-state index contributed by atoms with van der Waals surface area (Å²) in [5, 5.41) is 4.18. The molecule has 0 fully saturated rings. The number of hydrogen-bond donors (Lipinski definition) is 1. The average molecular weight is 276 g/mol. The van der Waals surface area contributed by atoms with Crippen LogP contribution in [0.2, 0.25) is 5.02 Å². The van der Waals surface area contributed by atoms with Crippen LogP contribution in [0, 0.1) is 0 Å². The smallest absolute Gasteiger partial charge is 0.118 e. The van der Waals surface area contributed by atoms with Crippen LogP contribution in [0.15, 0.2) is 48.5 Å². The second-order valence-electron chi connectivity index (χ2n) is 4.58. The number of anilines is 1. The van der Waals surface area contributed by atoms with Crippen LogP contribution in [0.1, 0.15) is 12.5 Å². The van der Waals surface area contributed by atoms with E-state index in [-0.39, 0.29) is 0 Å². The van der Waals surface area contributed by atoms with Crippen molar-refractivity contribution in [2.24, 2.45) is 0 Å². The molecule has 2 nitrogen and oxygen atoms in total. The second kappa shape index (κ2) is 6.48. The second-order valence-corrected chi connectivity index (χ2v) is 4.98. The maximum Gasteiger partial charge on any atom is 0.118 e. The molecule has 0 bridgehead atoms. The molecule has 0 spiro atoms. The van der Waals surface area contributed by atoms with Gasteiger partial charge < -0.3 is 10.1 Å². The number of para-hydroxylation sites is 1. The lowest BCUT2D eigenvalue weighted by atomic mass is 10.1. The molecule has 0 radical (unpaired) electrons. The molecule has 0 aliphatic rings. The summed E-state index contributed by atoms with van der Waals surface area (Å²) in [4.78, 5) is 0. The fourth-order valence-corrected chi connectivity index (χ4v) is 2.20. The lowest BCUT2D eigenvalue weighted by Gasteiger charge is -2.16. The number of hydrogen-bond acceptors (Lipinski definition) is 2. The molecule has 0 aliphatic carbocycles. The molecule has 1 N–H and O–H groups in total. The van der Waals surface area contributed by atoms with E-state index >= 15 is 0 Å². The Kier molecular flexibility index (Phi) is 4.69. The number of ether oxygens (including phenoxy) is 1. The maximum atomic E-state index is 6.13. The minimum Gasteiger partial charge on any atom is -0.497 e. The van der Waals surface area contributed by atoms with Crippen molar-refractivity contribution < 1.29 is 4.74 Å². The fraction of sp³-hybridized carbons (Fsp3) is 0.250. The average Bonchev–Trinajstić information content (AvgIpc) is 2.42. The van der Waals surface area contributed by atoms with Gasteiger partial charge in [0.25, 0.3) is 0 Å². The molecule has 0 saturated heterocycles. The van der Waals surface area contributed by atoms with E-state index in [0.29, 0.717) is 6.04 Å². The van der Waals surface area contributed by atoms with Crippen molar-refractivity contribution in [3.8, 4) is 5.75 Å². The quantitative estimate of drug-likeness (QED) is 0.874. The van der Waals surface area contributed by atoms with Gasteiger partial charge in [-0.25, -0.2) is 0 Å². The zero-order valence-corrected chi connectivity index (χ0v) is 11.9. The first kappa shape index (κ1) is 13.8. The third-order valence-electron chi connectivity index (χ3n) is 2.98. The van der Waals surface area contributed by atoms with Crippen molar-refractivity contribution >= 4 is 17.3 Å². The van der Waals surface area contributed by atoms with E-state index in [9.17, 15) is 0 Å². The third-order valence-corrected chi connectivity index (χ3v) is 3.31. The summed E-state index contributed by atoms with van der Waals surface area (Å²) in [6.45, 7) is 2.15. The van der Waals surface area contributed by atoms with E-state index in [1.165, 1.54) is 5.56 Å². The summed E-state index contributed by atoms with van der Waals surface area (Å²) in [6.07, 6.45) is 0.940. The SMILES string of the molecule is COc1ccc(CC(C)Nc2ccccc2Cl)cc1. The lowest BCUT2D eigenvalue weighted by molar-refractivity contribution is 0.414. The Morgan fingerprint density at radius 2 is 1.79 bits per heavy atom. The van der Waals surface area contributed by atoms with Crippen molar-refractivity contribution in [1.29, 1.82) is 0 Å². The van der Waals surface area contributed by atoms with Gasteiger partial charge in [-0.2, -0.15) is 0 Å². The largest absolute Gasteiger partial charge is 0.497 e. The van der Waals surface area contributed by atoms with Crippen LogP contribution in [0.5, 0.6) is 5.75 Å². The highest BCUT2D eigenvalue weighted by Crippen LogP contribution is 2.22. The normalized spacial score (nSPS) is 11.9. The molecule has 0 amide bonds. The summed E-state index contributed by atoms with van der Waals surface area (Å²) >= 11 is 6.13. The molecule has 100 valence electrons. The highest BCUT2D eigenvalue weighted by molar-refractivity contribution is 6.33. The summed E-state index contributed by atoms with van der Waals surface area (Å²) in [7, 11) is 1.68. The van der Waals surface area contributed by atoms with Crippen LogP contribution in [-0.2, 0) is 6.42 Å². The van der Waals surface area contributed by atoms with Gasteiger partial charge in [0.2, 0.25) is 0 Å². The number of rotatable bonds is 5. The topological polar surface area (TPSA) is 21.3 Å². The zero-order chi connectivity index (χ0) is 13.7. The van der Waals surface area contributed by atoms with E-state index < -0.39 is 0 Å². The Labute approximate surface area is 119 Å². The summed E-state index contributed by atoms with van der Waals surface area (Å²) in [6, 6.07) is 16.3. The van der Waals surface area contributed by atoms with Gasteiger partial charge in [-0.1, -0.05) is 35.9 Å². The van der Waals surface area contributed by atoms with Crippen molar-refractivity contribution in [3.63, 3.8) is 0 Å². The molecule has 1 atom stereocenters. The van der Waals surface area contributed by atoms with Gasteiger partial charge in [0.05, 0.1) is 17.8 Å². The van der Waals surface area contributed by atoms with Crippen LogP contribution in [0.3, 0.4) is 0 Å². The van der Waals surface area contributed by atoms with E-state index in [1.807, 2.05) is 36.4 Å². The molecule has 2 rings (SSSR count). The summed E-state index contributed by atoms with van der Waals surface area (Å²) in [5.74, 6) is 0.885. The molecule has 0 aliphatic heterocycles. The molecule has 3 heteroatoms. The molecule has 0 saturated carbocycles. The Hall–Kier alpha value is -1.67. The standard InChI is InChI=1S/C16H18ClNO/c1-12(18-16-6-4-3-5-15(16)17)11-13-7-9-14(19-2)10-8-13/h3-10,12,18H,11H2,1-2H3. The number of methoxy groups -OCH3 is 1. The lowest BCUT2D eigenvalue weighted by Crippen LogP contribution is -2.18. The van der Waals surface area contributed by atoms with Gasteiger partial charge in [-0.05, 0) is 43.2 Å². The first-order chi connectivity index (χ1) is 9.19. The predicted octanol–water partition coefficient (Wildman–Crippen LogP) is 4.39. The monoisotopic (exact) mass is 275 g/mol. The Balaban J connectivity index is 1.97. The molecule has 2 aromatic carbocycles. The highest BCUT2D eigenvalue weighted by atomic mass is 35.5. The zero-order valence-electron chi connectivity index (χ0n) is 11.2. The maximum absolute atomic E-state index is 6.13. The number of benzene rings is 2. The van der Waals surface area contributed by atoms with Gasteiger partial charge >= 0.3 is 0 Å². The molecular formula is C16H18ClNO. The van der Waals surface area contributed by atoms with Crippen LogP contribution in [0.4, 0.5) is 5.69 Å². The number of nitrogens with one attached hydrogen (secondary N) is 1. The fourth-order valence-electron chi connectivity index (χ4n) is 2.01. The number of halogens is 1. The first-order valence-corrected chi connectivity index (χ1v) is 6.71. The molecule has 0 aromatic heterocycles. The molecule has 2 aromatic rings. The van der Waals surface area contributed by atoms with Crippen LogP contribution in [-0.4, -0.2) is 13.2 Å². The van der Waals surface area contributed by atoms with Crippen molar-refractivity contribution in [1.82, 2.24) is 0 Å². The minimum atomic E-state index is 0.313. The Bertz CT molecular complexity index is 525. The van der Waals surface area contributed by atoms with Gasteiger partial charge in [-0.3, -0.25) is 0 Å². The van der Waals surface area contributed by atoms with E-state index in [1.54, 1.807) is 7.11 Å². The Morgan fingerprint density at radius 1 is 1.11 bits per heavy atom. The van der Waals surface area contributed by atoms with Gasteiger partial charge in [0, 0.05) is 6.04 Å². The summed E-state index contributed by atoms with van der Waals surface area (Å²) < 4.78 is 5.15. The van der Waals surface area contributed by atoms with E-state index in [4.69, 9.17) is 16.3 Å². The van der Waals surface area contributed by atoms with Crippen LogP contribution < -0.4 is 10.1 Å². The van der Waals surface area contributed by atoms with Gasteiger partial charge in [0.1, 0.15) is 5.75 Å². The van der Waals surface area contributed by atoms with Crippen LogP contribution >= 0.6 is 11.6 Å². The first-order valence-electron chi connectivity index (χ1n) is 6.33. The third kappa shape index (κ3) is 3.90. The molecule has 1 unspecified atom stereocenters. The highest BCUT2D eigenvalue weighted by Gasteiger charge is 2.06. The van der Waals surface area contributed by atoms with Crippen LogP contribution in [0.25, 0.3) is 0 Å². The molecule has 19 heavy (non-hydrogen) atoms. The predicted molar refractivity (Wildman–Crippen MR) is 81.2 cm³/mol.